The van der Waals surface area contributed by atoms with Crippen molar-refractivity contribution in [3.63, 3.8) is 0 Å². The van der Waals surface area contributed by atoms with Crippen molar-refractivity contribution in [3.05, 3.63) is 60.4 Å². The van der Waals surface area contributed by atoms with Gasteiger partial charge in [-0.15, -0.1) is 0 Å². The van der Waals surface area contributed by atoms with Crippen molar-refractivity contribution >= 4 is 23.1 Å². The van der Waals surface area contributed by atoms with Crippen LogP contribution in [0.3, 0.4) is 0 Å². The van der Waals surface area contributed by atoms with E-state index in [0.29, 0.717) is 18.7 Å². The van der Waals surface area contributed by atoms with Gasteiger partial charge < -0.3 is 19.9 Å². The maximum Gasteiger partial charge on any atom is 0.387 e. The van der Waals surface area contributed by atoms with E-state index in [1.807, 2.05) is 7.05 Å². The van der Waals surface area contributed by atoms with Crippen molar-refractivity contribution in [2.24, 2.45) is 5.41 Å². The summed E-state index contributed by atoms with van der Waals surface area (Å²) in [5.41, 5.74) is 0.463. The molecule has 2 aliphatic heterocycles. The Kier molecular flexibility index (Phi) is 6.41. The number of amides is 2. The number of fused-ring (bicyclic) bond motifs is 1. The summed E-state index contributed by atoms with van der Waals surface area (Å²) < 4.78 is 47.9. The lowest BCUT2D eigenvalue weighted by atomic mass is 9.79. The minimum atomic E-state index is -3.18. The van der Waals surface area contributed by atoms with Gasteiger partial charge in [-0.1, -0.05) is 0 Å². The molecule has 3 aromatic heterocycles. The third-order valence-corrected chi connectivity index (χ3v) is 7.25. The normalized spacial score (nSPS) is 16.6. The Balaban J connectivity index is 1.32. The van der Waals surface area contributed by atoms with Crippen LogP contribution in [0.25, 0.3) is 16.9 Å². The zero-order valence-corrected chi connectivity index (χ0v) is 21.4. The van der Waals surface area contributed by atoms with Crippen LogP contribution >= 0.6 is 0 Å². The number of carbonyl (C=O) groups is 2. The van der Waals surface area contributed by atoms with Crippen molar-refractivity contribution in [3.8, 4) is 17.0 Å². The van der Waals surface area contributed by atoms with Crippen LogP contribution in [0.1, 0.15) is 16.8 Å². The lowest BCUT2D eigenvalue weighted by Crippen LogP contribution is -2.55. The van der Waals surface area contributed by atoms with Gasteiger partial charge in [0, 0.05) is 55.7 Å². The number of alkyl halides is 2. The van der Waals surface area contributed by atoms with Crippen molar-refractivity contribution in [1.29, 1.82) is 0 Å². The van der Waals surface area contributed by atoms with Gasteiger partial charge in [0.1, 0.15) is 29.4 Å². The molecule has 14 heteroatoms. The molecular formula is C26H25F3N8O3. The third-order valence-electron chi connectivity index (χ3n) is 7.25. The number of nitrogens with one attached hydrogen (secondary N) is 1. The number of rotatable bonds is 7. The topological polar surface area (TPSA) is 110 Å². The number of benzene rings is 1. The molecule has 2 fully saturated rings. The average molecular weight is 555 g/mol. The Morgan fingerprint density at radius 2 is 2.05 bits per heavy atom. The smallest absolute Gasteiger partial charge is 0.387 e. The largest absolute Gasteiger partial charge is 0.434 e. The molecule has 4 aromatic rings. The summed E-state index contributed by atoms with van der Waals surface area (Å²) in [5.74, 6) is -1.84. The van der Waals surface area contributed by atoms with Gasteiger partial charge in [-0.25, -0.2) is 13.9 Å². The van der Waals surface area contributed by atoms with Crippen LogP contribution < -0.4 is 10.1 Å². The molecular weight excluding hydrogens is 529 g/mol. The molecule has 0 unspecified atom stereocenters. The molecule has 1 N–H and O–H groups in total. The molecule has 208 valence electrons. The van der Waals surface area contributed by atoms with E-state index < -0.39 is 18.3 Å². The monoisotopic (exact) mass is 554 g/mol. The van der Waals surface area contributed by atoms with Crippen molar-refractivity contribution < 1.29 is 27.5 Å². The number of halogens is 3. The molecule has 1 aromatic carbocycles. The lowest BCUT2D eigenvalue weighted by Gasteiger charge is -2.46. The highest BCUT2D eigenvalue weighted by molar-refractivity contribution is 6.09. The van der Waals surface area contributed by atoms with Gasteiger partial charge in [-0.3, -0.25) is 14.3 Å². The van der Waals surface area contributed by atoms with Crippen molar-refractivity contribution in [2.75, 3.05) is 38.5 Å². The summed E-state index contributed by atoms with van der Waals surface area (Å²) >= 11 is 0. The van der Waals surface area contributed by atoms with Gasteiger partial charge in [0.2, 0.25) is 5.91 Å². The van der Waals surface area contributed by atoms with E-state index >= 15 is 0 Å². The van der Waals surface area contributed by atoms with Crippen LogP contribution in [0.5, 0.6) is 5.75 Å². The van der Waals surface area contributed by atoms with E-state index in [9.17, 15) is 22.8 Å². The van der Waals surface area contributed by atoms with E-state index in [2.05, 4.69) is 30.1 Å². The Labute approximate surface area is 226 Å². The summed E-state index contributed by atoms with van der Waals surface area (Å²) in [5, 5.41) is 11.2. The summed E-state index contributed by atoms with van der Waals surface area (Å²) in [4.78, 5) is 34.6. The SMILES string of the molecule is CN1CC2(CCN(C(=O)Cn3cc(NC(=O)c4cnn5cccnc45)c(-c4cc(F)ccc4OC(F)F)n3)C2)C1. The highest BCUT2D eigenvalue weighted by Gasteiger charge is 2.47. The first-order valence-electron chi connectivity index (χ1n) is 12.6. The second kappa shape index (κ2) is 9.93. The highest BCUT2D eigenvalue weighted by Crippen LogP contribution is 2.39. The summed E-state index contributed by atoms with van der Waals surface area (Å²) in [6.45, 7) is -0.196. The number of likely N-dealkylation sites (tertiary alicyclic amines) is 2. The predicted octanol–water partition coefficient (Wildman–Crippen LogP) is 2.75. The molecule has 0 atom stereocenters. The van der Waals surface area contributed by atoms with Gasteiger partial charge in [0.15, 0.2) is 5.65 Å². The summed E-state index contributed by atoms with van der Waals surface area (Å²) in [6, 6.07) is 4.67. The Morgan fingerprint density at radius 3 is 2.83 bits per heavy atom. The molecule has 0 aliphatic carbocycles. The van der Waals surface area contributed by atoms with Gasteiger partial charge in [0.05, 0.1) is 11.9 Å². The van der Waals surface area contributed by atoms with Crippen LogP contribution in [0.4, 0.5) is 18.9 Å². The fourth-order valence-electron chi connectivity index (χ4n) is 5.60. The first kappa shape index (κ1) is 25.8. The molecule has 40 heavy (non-hydrogen) atoms. The standard InChI is InChI=1S/C26H25F3N8O3/c1-34-13-26(14-34)5-8-35(15-26)21(38)12-36-11-19(32-24(39)18-10-31-37-7-2-6-30-23(18)37)22(33-36)17-9-16(27)3-4-20(17)40-25(28)29/h2-4,6-7,9-11,25H,5,8,12-15H2,1H3,(H,32,39). The number of nitrogens with zero attached hydrogens (tertiary/aromatic N) is 7. The van der Waals surface area contributed by atoms with Gasteiger partial charge in [-0.05, 0) is 37.7 Å². The van der Waals surface area contributed by atoms with Crippen LogP contribution in [-0.2, 0) is 11.3 Å². The lowest BCUT2D eigenvalue weighted by molar-refractivity contribution is -0.132. The molecule has 11 nitrogen and oxygen atoms in total. The quantitative estimate of drug-likeness (QED) is 0.374. The molecule has 0 saturated carbocycles. The maximum atomic E-state index is 14.3. The van der Waals surface area contributed by atoms with Gasteiger partial charge >= 0.3 is 6.61 Å². The zero-order chi connectivity index (χ0) is 28.0. The minimum Gasteiger partial charge on any atom is -0.434 e. The summed E-state index contributed by atoms with van der Waals surface area (Å²) in [6.07, 6.45) is 6.79. The molecule has 6 rings (SSSR count). The predicted molar refractivity (Wildman–Crippen MR) is 136 cm³/mol. The Bertz CT molecular complexity index is 1600. The fourth-order valence-corrected chi connectivity index (χ4v) is 5.60. The first-order chi connectivity index (χ1) is 19.2. The van der Waals surface area contributed by atoms with E-state index in [1.165, 1.54) is 27.8 Å². The zero-order valence-electron chi connectivity index (χ0n) is 21.4. The Morgan fingerprint density at radius 1 is 1.23 bits per heavy atom. The van der Waals surface area contributed by atoms with Crippen molar-refractivity contribution in [2.45, 2.75) is 19.6 Å². The molecule has 2 amide bonds. The molecule has 2 saturated heterocycles. The van der Waals surface area contributed by atoms with E-state index in [-0.39, 0.29) is 46.1 Å². The first-order valence-corrected chi connectivity index (χ1v) is 12.6. The van der Waals surface area contributed by atoms with Crippen LogP contribution in [0, 0.1) is 11.2 Å². The number of hydrogen-bond acceptors (Lipinski definition) is 7. The number of aromatic nitrogens is 5. The Hall–Kier alpha value is -4.46. The average Bonchev–Trinajstić information content (AvgIpc) is 3.62. The van der Waals surface area contributed by atoms with E-state index in [1.54, 1.807) is 17.2 Å². The van der Waals surface area contributed by atoms with E-state index in [4.69, 9.17) is 0 Å². The number of anilines is 1. The molecule has 0 bridgehead atoms. The minimum absolute atomic E-state index is 0.0424. The van der Waals surface area contributed by atoms with Gasteiger partial charge in [-0.2, -0.15) is 19.0 Å². The van der Waals surface area contributed by atoms with Crippen LogP contribution in [0.2, 0.25) is 0 Å². The molecule has 0 radical (unpaired) electrons. The maximum absolute atomic E-state index is 14.3. The van der Waals surface area contributed by atoms with Crippen molar-refractivity contribution in [1.82, 2.24) is 34.2 Å². The third kappa shape index (κ3) is 4.85. The molecule has 1 spiro atoms. The van der Waals surface area contributed by atoms with Crippen LogP contribution in [-0.4, -0.2) is 85.8 Å². The fraction of sp³-hybridized carbons (Fsp3) is 0.346. The number of hydrogen-bond donors (Lipinski definition) is 1. The number of ether oxygens (including phenoxy) is 1. The van der Waals surface area contributed by atoms with Gasteiger partial charge in [0.25, 0.3) is 5.91 Å². The second-order valence-electron chi connectivity index (χ2n) is 10.2. The number of carbonyl (C=O) groups excluding carboxylic acids is 2. The highest BCUT2D eigenvalue weighted by atomic mass is 19.3. The van der Waals surface area contributed by atoms with Crippen LogP contribution in [0.15, 0.2) is 49.1 Å². The second-order valence-corrected chi connectivity index (χ2v) is 10.2. The summed E-state index contributed by atoms with van der Waals surface area (Å²) in [7, 11) is 2.04. The molecule has 5 heterocycles. The molecule has 2 aliphatic rings. The van der Waals surface area contributed by atoms with E-state index in [0.717, 1.165) is 37.7 Å².